The number of amides is 1. The van der Waals surface area contributed by atoms with E-state index in [2.05, 4.69) is 27.4 Å². The van der Waals surface area contributed by atoms with Gasteiger partial charge in [-0.15, -0.1) is 0 Å². The van der Waals surface area contributed by atoms with Crippen LogP contribution in [0.15, 0.2) is 30.3 Å². The second kappa shape index (κ2) is 5.60. The predicted octanol–water partition coefficient (Wildman–Crippen LogP) is 2.58. The monoisotopic (exact) mass is 284 g/mol. The molecule has 0 bridgehead atoms. The van der Waals surface area contributed by atoms with E-state index in [4.69, 9.17) is 0 Å². The van der Waals surface area contributed by atoms with Gasteiger partial charge in [-0.05, 0) is 50.1 Å². The minimum atomic E-state index is -0.132. The maximum absolute atomic E-state index is 12.2. The molecule has 1 amide bonds. The van der Waals surface area contributed by atoms with E-state index in [1.54, 1.807) is 17.8 Å². The molecule has 1 aromatic carbocycles. The standard InChI is InChI=1S/C16H20N4O/c1-12-11-15(19(2)18-12)16(21)17-13-5-7-14(8-6-13)20-9-3-4-10-20/h5-8,11H,3-4,9-10H2,1-2H3,(H,17,21). The summed E-state index contributed by atoms with van der Waals surface area (Å²) in [7, 11) is 1.78. The fraction of sp³-hybridized carbons (Fsp3) is 0.375. The third-order valence-electron chi connectivity index (χ3n) is 3.83. The van der Waals surface area contributed by atoms with Crippen LogP contribution in [0.1, 0.15) is 29.0 Å². The number of hydrogen-bond donors (Lipinski definition) is 1. The van der Waals surface area contributed by atoms with Gasteiger partial charge in [0.15, 0.2) is 0 Å². The maximum atomic E-state index is 12.2. The van der Waals surface area contributed by atoms with Crippen LogP contribution in [0.2, 0.25) is 0 Å². The molecule has 1 aliphatic heterocycles. The highest BCUT2D eigenvalue weighted by Crippen LogP contribution is 2.22. The molecule has 1 aromatic heterocycles. The number of nitrogens with zero attached hydrogens (tertiary/aromatic N) is 3. The molecule has 0 atom stereocenters. The Balaban J connectivity index is 1.70. The highest BCUT2D eigenvalue weighted by atomic mass is 16.2. The molecule has 0 unspecified atom stereocenters. The third-order valence-corrected chi connectivity index (χ3v) is 3.83. The van der Waals surface area contributed by atoms with Gasteiger partial charge in [0.1, 0.15) is 5.69 Å². The van der Waals surface area contributed by atoms with Crippen LogP contribution in [-0.2, 0) is 7.05 Å². The fourth-order valence-electron chi connectivity index (χ4n) is 2.75. The van der Waals surface area contributed by atoms with Crippen LogP contribution in [-0.4, -0.2) is 28.8 Å². The predicted molar refractivity (Wildman–Crippen MR) is 83.8 cm³/mol. The first kappa shape index (κ1) is 13.7. The van der Waals surface area contributed by atoms with Crippen LogP contribution in [0.5, 0.6) is 0 Å². The lowest BCUT2D eigenvalue weighted by atomic mass is 10.2. The van der Waals surface area contributed by atoms with Crippen LogP contribution in [0, 0.1) is 6.92 Å². The molecule has 2 aromatic rings. The van der Waals surface area contributed by atoms with Crippen molar-refractivity contribution >= 4 is 17.3 Å². The molecule has 110 valence electrons. The number of nitrogens with one attached hydrogen (secondary N) is 1. The van der Waals surface area contributed by atoms with Gasteiger partial charge in [-0.25, -0.2) is 0 Å². The van der Waals surface area contributed by atoms with Crippen molar-refractivity contribution in [1.29, 1.82) is 0 Å². The molecule has 1 aliphatic rings. The first-order chi connectivity index (χ1) is 10.1. The van der Waals surface area contributed by atoms with Crippen LogP contribution < -0.4 is 10.2 Å². The number of carbonyl (C=O) groups excluding carboxylic acids is 1. The Morgan fingerprint density at radius 1 is 1.19 bits per heavy atom. The second-order valence-electron chi connectivity index (χ2n) is 5.49. The highest BCUT2D eigenvalue weighted by Gasteiger charge is 2.14. The van der Waals surface area contributed by atoms with Crippen molar-refractivity contribution in [3.8, 4) is 0 Å². The van der Waals surface area contributed by atoms with Gasteiger partial charge in [0, 0.05) is 31.5 Å². The highest BCUT2D eigenvalue weighted by molar-refractivity contribution is 6.03. The zero-order chi connectivity index (χ0) is 14.8. The van der Waals surface area contributed by atoms with Crippen molar-refractivity contribution < 1.29 is 4.79 Å². The molecule has 1 fully saturated rings. The summed E-state index contributed by atoms with van der Waals surface area (Å²) < 4.78 is 1.60. The van der Waals surface area contributed by atoms with Crippen molar-refractivity contribution in [3.63, 3.8) is 0 Å². The summed E-state index contributed by atoms with van der Waals surface area (Å²) in [6.45, 7) is 4.13. The van der Waals surface area contributed by atoms with Gasteiger partial charge in [-0.2, -0.15) is 5.10 Å². The molecule has 1 saturated heterocycles. The van der Waals surface area contributed by atoms with E-state index in [0.717, 1.165) is 24.5 Å². The van der Waals surface area contributed by atoms with E-state index >= 15 is 0 Å². The van der Waals surface area contributed by atoms with Crippen molar-refractivity contribution in [3.05, 3.63) is 41.7 Å². The molecule has 1 N–H and O–H groups in total. The van der Waals surface area contributed by atoms with Gasteiger partial charge < -0.3 is 10.2 Å². The van der Waals surface area contributed by atoms with E-state index in [0.29, 0.717) is 5.69 Å². The topological polar surface area (TPSA) is 50.2 Å². The van der Waals surface area contributed by atoms with Crippen molar-refractivity contribution in [1.82, 2.24) is 9.78 Å². The Morgan fingerprint density at radius 3 is 2.43 bits per heavy atom. The lowest BCUT2D eigenvalue weighted by Gasteiger charge is -2.17. The summed E-state index contributed by atoms with van der Waals surface area (Å²) in [4.78, 5) is 14.6. The molecule has 5 nitrogen and oxygen atoms in total. The third kappa shape index (κ3) is 2.91. The molecule has 2 heterocycles. The van der Waals surface area contributed by atoms with E-state index in [9.17, 15) is 4.79 Å². The summed E-state index contributed by atoms with van der Waals surface area (Å²) in [5.41, 5.74) is 3.44. The number of aromatic nitrogens is 2. The lowest BCUT2D eigenvalue weighted by Crippen LogP contribution is -2.18. The average molecular weight is 284 g/mol. The number of aryl methyl sites for hydroxylation is 2. The maximum Gasteiger partial charge on any atom is 0.273 e. The number of benzene rings is 1. The fourth-order valence-corrected chi connectivity index (χ4v) is 2.75. The van der Waals surface area contributed by atoms with Crippen molar-refractivity contribution in [2.24, 2.45) is 7.05 Å². The van der Waals surface area contributed by atoms with Crippen LogP contribution in [0.3, 0.4) is 0 Å². The number of rotatable bonds is 3. The number of hydrogen-bond acceptors (Lipinski definition) is 3. The number of carbonyl (C=O) groups is 1. The summed E-state index contributed by atoms with van der Waals surface area (Å²) >= 11 is 0. The van der Waals surface area contributed by atoms with Gasteiger partial charge in [0.25, 0.3) is 5.91 Å². The Kier molecular flexibility index (Phi) is 3.64. The Labute approximate surface area is 124 Å². The molecular formula is C16H20N4O. The van der Waals surface area contributed by atoms with Gasteiger partial charge in [-0.3, -0.25) is 9.48 Å². The van der Waals surface area contributed by atoms with Crippen LogP contribution >= 0.6 is 0 Å². The lowest BCUT2D eigenvalue weighted by molar-refractivity contribution is 0.101. The molecular weight excluding hydrogens is 264 g/mol. The van der Waals surface area contributed by atoms with Gasteiger partial charge in [-0.1, -0.05) is 0 Å². The van der Waals surface area contributed by atoms with Crippen molar-refractivity contribution in [2.75, 3.05) is 23.3 Å². The molecule has 0 spiro atoms. The first-order valence-electron chi connectivity index (χ1n) is 7.30. The molecule has 21 heavy (non-hydrogen) atoms. The number of anilines is 2. The normalized spacial score (nSPS) is 14.5. The Bertz CT molecular complexity index is 639. The van der Waals surface area contributed by atoms with E-state index in [1.165, 1.54) is 18.5 Å². The zero-order valence-corrected chi connectivity index (χ0v) is 12.5. The quantitative estimate of drug-likeness (QED) is 0.942. The van der Waals surface area contributed by atoms with E-state index in [-0.39, 0.29) is 5.91 Å². The molecule has 0 saturated carbocycles. The summed E-state index contributed by atoms with van der Waals surface area (Å²) in [5, 5.41) is 7.10. The molecule has 5 heteroatoms. The van der Waals surface area contributed by atoms with Gasteiger partial charge >= 0.3 is 0 Å². The largest absolute Gasteiger partial charge is 0.372 e. The van der Waals surface area contributed by atoms with Gasteiger partial charge in [0.05, 0.1) is 5.69 Å². The molecule has 0 radical (unpaired) electrons. The van der Waals surface area contributed by atoms with Crippen molar-refractivity contribution in [2.45, 2.75) is 19.8 Å². The SMILES string of the molecule is Cc1cc(C(=O)Nc2ccc(N3CCCC3)cc2)n(C)n1. The smallest absolute Gasteiger partial charge is 0.273 e. The minimum absolute atomic E-state index is 0.132. The Morgan fingerprint density at radius 2 is 1.86 bits per heavy atom. The second-order valence-corrected chi connectivity index (χ2v) is 5.49. The first-order valence-corrected chi connectivity index (χ1v) is 7.30. The summed E-state index contributed by atoms with van der Waals surface area (Å²) in [6.07, 6.45) is 2.52. The zero-order valence-electron chi connectivity index (χ0n) is 12.5. The summed E-state index contributed by atoms with van der Waals surface area (Å²) in [5.74, 6) is -0.132. The average Bonchev–Trinajstić information content (AvgIpc) is 3.09. The molecule has 0 aliphatic carbocycles. The van der Waals surface area contributed by atoms with Crippen LogP contribution in [0.25, 0.3) is 0 Å². The summed E-state index contributed by atoms with van der Waals surface area (Å²) in [6, 6.07) is 9.82. The van der Waals surface area contributed by atoms with E-state index < -0.39 is 0 Å². The molecule has 3 rings (SSSR count). The van der Waals surface area contributed by atoms with Gasteiger partial charge in [0.2, 0.25) is 0 Å². The van der Waals surface area contributed by atoms with E-state index in [1.807, 2.05) is 19.1 Å². The minimum Gasteiger partial charge on any atom is -0.372 e. The Hall–Kier alpha value is -2.30. The van der Waals surface area contributed by atoms with Crippen LogP contribution in [0.4, 0.5) is 11.4 Å².